The molecular formula is C13H13BrN2OS. The highest BCUT2D eigenvalue weighted by molar-refractivity contribution is 9.10. The van der Waals surface area contributed by atoms with E-state index in [4.69, 9.17) is 10.5 Å². The second-order valence-corrected chi connectivity index (χ2v) is 5.59. The van der Waals surface area contributed by atoms with E-state index < -0.39 is 0 Å². The number of nitrogens with zero attached hydrogens (tertiary/aromatic N) is 1. The van der Waals surface area contributed by atoms with Crippen LogP contribution in [-0.4, -0.2) is 12.1 Å². The third kappa shape index (κ3) is 2.79. The van der Waals surface area contributed by atoms with Crippen LogP contribution >= 0.6 is 27.7 Å². The number of hydrogen-bond acceptors (Lipinski definition) is 4. The second kappa shape index (κ2) is 5.63. The van der Waals surface area contributed by atoms with Crippen LogP contribution in [0.15, 0.2) is 44.9 Å². The topological polar surface area (TPSA) is 48.1 Å². The van der Waals surface area contributed by atoms with Crippen LogP contribution in [-0.2, 0) is 0 Å². The number of pyridine rings is 1. The Kier molecular flexibility index (Phi) is 4.14. The third-order valence-electron chi connectivity index (χ3n) is 2.53. The lowest BCUT2D eigenvalue weighted by molar-refractivity contribution is 0.413. The normalized spacial score (nSPS) is 10.4. The Morgan fingerprint density at radius 2 is 2.17 bits per heavy atom. The Hall–Kier alpha value is -1.20. The number of aromatic nitrogens is 1. The van der Waals surface area contributed by atoms with Crippen molar-refractivity contribution in [1.29, 1.82) is 0 Å². The van der Waals surface area contributed by atoms with Gasteiger partial charge in [-0.1, -0.05) is 17.8 Å². The van der Waals surface area contributed by atoms with Crippen molar-refractivity contribution in [3.63, 3.8) is 0 Å². The first kappa shape index (κ1) is 13.2. The fourth-order valence-electron chi connectivity index (χ4n) is 1.42. The van der Waals surface area contributed by atoms with Crippen LogP contribution in [0.1, 0.15) is 5.56 Å². The summed E-state index contributed by atoms with van der Waals surface area (Å²) in [6, 6.07) is 7.87. The zero-order valence-corrected chi connectivity index (χ0v) is 12.5. The number of hydrogen-bond donors (Lipinski definition) is 1. The average Bonchev–Trinajstić information content (AvgIpc) is 2.40. The van der Waals surface area contributed by atoms with Gasteiger partial charge in [-0.05, 0) is 46.6 Å². The predicted octanol–water partition coefficient (Wildman–Crippen LogP) is 3.89. The highest BCUT2D eigenvalue weighted by atomic mass is 79.9. The van der Waals surface area contributed by atoms with E-state index >= 15 is 0 Å². The molecule has 0 aliphatic heterocycles. The Morgan fingerprint density at radius 1 is 1.39 bits per heavy atom. The zero-order chi connectivity index (χ0) is 13.1. The summed E-state index contributed by atoms with van der Waals surface area (Å²) in [5.74, 6) is 0.836. The van der Waals surface area contributed by atoms with Crippen molar-refractivity contribution in [2.75, 3.05) is 12.8 Å². The lowest BCUT2D eigenvalue weighted by atomic mass is 10.3. The number of benzene rings is 1. The van der Waals surface area contributed by atoms with E-state index in [2.05, 4.69) is 20.9 Å². The maximum atomic E-state index is 5.81. The molecule has 0 aliphatic rings. The van der Waals surface area contributed by atoms with Gasteiger partial charge in [0, 0.05) is 4.90 Å². The minimum atomic E-state index is 0.692. The lowest BCUT2D eigenvalue weighted by Crippen LogP contribution is -1.94. The molecule has 0 aliphatic carbocycles. The molecule has 5 heteroatoms. The summed E-state index contributed by atoms with van der Waals surface area (Å²) in [6.45, 7) is 1.97. The summed E-state index contributed by atoms with van der Waals surface area (Å²) >= 11 is 5.10. The minimum absolute atomic E-state index is 0.692. The van der Waals surface area contributed by atoms with Gasteiger partial charge >= 0.3 is 0 Å². The smallest absolute Gasteiger partial charge is 0.119 e. The Morgan fingerprint density at radius 3 is 2.89 bits per heavy atom. The quantitative estimate of drug-likeness (QED) is 0.930. The van der Waals surface area contributed by atoms with Crippen molar-refractivity contribution in [1.82, 2.24) is 4.98 Å². The highest BCUT2D eigenvalue weighted by Crippen LogP contribution is 2.36. The van der Waals surface area contributed by atoms with Crippen molar-refractivity contribution in [2.24, 2.45) is 0 Å². The molecule has 0 saturated heterocycles. The molecule has 1 aromatic heterocycles. The molecule has 2 aromatic rings. The van der Waals surface area contributed by atoms with E-state index in [0.29, 0.717) is 5.69 Å². The van der Waals surface area contributed by atoms with E-state index in [9.17, 15) is 0 Å². The van der Waals surface area contributed by atoms with Crippen LogP contribution in [0.5, 0.6) is 5.75 Å². The van der Waals surface area contributed by atoms with E-state index in [1.54, 1.807) is 25.1 Å². The molecule has 0 saturated carbocycles. The fourth-order valence-corrected chi connectivity index (χ4v) is 2.88. The van der Waals surface area contributed by atoms with Crippen molar-refractivity contribution < 1.29 is 4.74 Å². The second-order valence-electron chi connectivity index (χ2n) is 3.74. The monoisotopic (exact) mass is 324 g/mol. The molecule has 2 N–H and O–H groups in total. The molecule has 2 rings (SSSR count). The standard InChI is InChI=1S/C13H13BrN2OS/c1-8-11(15)7-16-13(12(8)14)18-10-5-3-4-9(6-10)17-2/h3-7H,15H2,1-2H3. The van der Waals surface area contributed by atoms with Crippen molar-refractivity contribution >= 4 is 33.4 Å². The molecule has 94 valence electrons. The number of anilines is 1. The molecule has 0 spiro atoms. The summed E-state index contributed by atoms with van der Waals surface area (Å²) in [5.41, 5.74) is 7.51. The summed E-state index contributed by atoms with van der Waals surface area (Å²) in [5, 5.41) is 0.898. The van der Waals surface area contributed by atoms with Gasteiger partial charge in [-0.2, -0.15) is 0 Å². The average molecular weight is 325 g/mol. The SMILES string of the molecule is COc1cccc(Sc2ncc(N)c(C)c2Br)c1. The maximum Gasteiger partial charge on any atom is 0.119 e. The van der Waals surface area contributed by atoms with Gasteiger partial charge in [-0.25, -0.2) is 4.98 Å². The zero-order valence-electron chi connectivity index (χ0n) is 10.1. The summed E-state index contributed by atoms with van der Waals surface area (Å²) in [4.78, 5) is 5.42. The van der Waals surface area contributed by atoms with Gasteiger partial charge in [-0.15, -0.1) is 0 Å². The Balaban J connectivity index is 2.31. The van der Waals surface area contributed by atoms with Crippen LogP contribution in [0.25, 0.3) is 0 Å². The molecule has 0 radical (unpaired) electrons. The van der Waals surface area contributed by atoms with Gasteiger partial charge in [0.1, 0.15) is 10.8 Å². The minimum Gasteiger partial charge on any atom is -0.497 e. The third-order valence-corrected chi connectivity index (χ3v) is 4.75. The number of nitrogens with two attached hydrogens (primary N) is 1. The molecular weight excluding hydrogens is 312 g/mol. The van der Waals surface area contributed by atoms with E-state index in [1.807, 2.05) is 31.2 Å². The summed E-state index contributed by atoms with van der Waals surface area (Å²) < 4.78 is 6.14. The van der Waals surface area contributed by atoms with Gasteiger partial charge < -0.3 is 10.5 Å². The number of ether oxygens (including phenoxy) is 1. The van der Waals surface area contributed by atoms with Gasteiger partial charge in [0.15, 0.2) is 0 Å². The summed E-state index contributed by atoms with van der Waals surface area (Å²) in [7, 11) is 1.66. The molecule has 0 bridgehead atoms. The van der Waals surface area contributed by atoms with Crippen LogP contribution in [0.2, 0.25) is 0 Å². The number of nitrogen functional groups attached to an aromatic ring is 1. The summed E-state index contributed by atoms with van der Waals surface area (Å²) in [6.07, 6.45) is 1.68. The molecule has 18 heavy (non-hydrogen) atoms. The Labute approximate surface area is 119 Å². The van der Waals surface area contributed by atoms with E-state index in [-0.39, 0.29) is 0 Å². The Bertz CT molecular complexity index is 575. The first-order valence-corrected chi connectivity index (χ1v) is 6.95. The number of halogens is 1. The number of rotatable bonds is 3. The first-order valence-electron chi connectivity index (χ1n) is 5.34. The van der Waals surface area contributed by atoms with Crippen LogP contribution in [0.3, 0.4) is 0 Å². The molecule has 0 amide bonds. The van der Waals surface area contributed by atoms with Crippen molar-refractivity contribution in [3.8, 4) is 5.75 Å². The van der Waals surface area contributed by atoms with Gasteiger partial charge in [0.05, 0.1) is 23.5 Å². The molecule has 1 aromatic carbocycles. The van der Waals surface area contributed by atoms with Crippen LogP contribution in [0.4, 0.5) is 5.69 Å². The predicted molar refractivity (Wildman–Crippen MR) is 78.2 cm³/mol. The molecule has 0 atom stereocenters. The largest absolute Gasteiger partial charge is 0.497 e. The van der Waals surface area contributed by atoms with Crippen LogP contribution in [0, 0.1) is 6.92 Å². The van der Waals surface area contributed by atoms with Gasteiger partial charge in [-0.3, -0.25) is 0 Å². The van der Waals surface area contributed by atoms with Gasteiger partial charge in [0.25, 0.3) is 0 Å². The maximum absolute atomic E-state index is 5.81. The lowest BCUT2D eigenvalue weighted by Gasteiger charge is -2.08. The highest BCUT2D eigenvalue weighted by Gasteiger charge is 2.09. The molecule has 3 nitrogen and oxygen atoms in total. The molecule has 0 fully saturated rings. The van der Waals surface area contributed by atoms with Gasteiger partial charge in [0.2, 0.25) is 0 Å². The number of methoxy groups -OCH3 is 1. The van der Waals surface area contributed by atoms with Crippen molar-refractivity contribution in [3.05, 3.63) is 40.5 Å². The van der Waals surface area contributed by atoms with E-state index in [0.717, 1.165) is 25.7 Å². The molecule has 1 heterocycles. The fraction of sp³-hybridized carbons (Fsp3) is 0.154. The van der Waals surface area contributed by atoms with E-state index in [1.165, 1.54) is 0 Å². The first-order chi connectivity index (χ1) is 8.61. The van der Waals surface area contributed by atoms with Crippen LogP contribution < -0.4 is 10.5 Å². The van der Waals surface area contributed by atoms with Crippen molar-refractivity contribution in [2.45, 2.75) is 16.8 Å². The molecule has 0 unspecified atom stereocenters.